The normalized spacial score (nSPS) is 10.0. The molecule has 0 N–H and O–H groups in total. The molecule has 0 aliphatic heterocycles. The van der Waals surface area contributed by atoms with Crippen LogP contribution in [-0.4, -0.2) is 20.0 Å². The van der Waals surface area contributed by atoms with Crippen molar-refractivity contribution < 1.29 is 4.39 Å². The molecule has 0 amide bonds. The van der Waals surface area contributed by atoms with Crippen molar-refractivity contribution in [2.45, 2.75) is 0 Å². The van der Waals surface area contributed by atoms with Gasteiger partial charge in [-0.25, -0.2) is 4.39 Å². The predicted molar refractivity (Wildman–Crippen MR) is 60.5 cm³/mol. The SMILES string of the molecule is C=C(CCl)c1ccc(N(C)C)c(F)c1. The third-order valence-corrected chi connectivity index (χ3v) is 2.32. The summed E-state index contributed by atoms with van der Waals surface area (Å²) in [5.41, 5.74) is 2.05. The molecule has 0 heterocycles. The van der Waals surface area contributed by atoms with Gasteiger partial charge in [0.25, 0.3) is 0 Å². The van der Waals surface area contributed by atoms with Gasteiger partial charge in [0.05, 0.1) is 5.69 Å². The van der Waals surface area contributed by atoms with Crippen LogP contribution in [0.2, 0.25) is 0 Å². The van der Waals surface area contributed by atoms with Crippen molar-refractivity contribution in [2.24, 2.45) is 0 Å². The van der Waals surface area contributed by atoms with Crippen molar-refractivity contribution in [3.05, 3.63) is 36.2 Å². The highest BCUT2D eigenvalue weighted by Gasteiger charge is 2.06. The van der Waals surface area contributed by atoms with Crippen molar-refractivity contribution in [1.82, 2.24) is 0 Å². The molecule has 1 nitrogen and oxygen atoms in total. The standard InChI is InChI=1S/C11H13ClFN/c1-8(7-12)9-4-5-11(14(2)3)10(13)6-9/h4-6H,1,7H2,2-3H3. The molecule has 0 unspecified atom stereocenters. The van der Waals surface area contributed by atoms with Crippen LogP contribution < -0.4 is 4.90 Å². The zero-order valence-electron chi connectivity index (χ0n) is 8.35. The Bertz CT molecular complexity index is 347. The van der Waals surface area contributed by atoms with Crippen molar-refractivity contribution in [2.75, 3.05) is 24.9 Å². The summed E-state index contributed by atoms with van der Waals surface area (Å²) in [5, 5.41) is 0. The average molecular weight is 214 g/mol. The molecule has 0 aliphatic carbocycles. The maximum absolute atomic E-state index is 13.5. The quantitative estimate of drug-likeness (QED) is 0.698. The fourth-order valence-corrected chi connectivity index (χ4v) is 1.32. The van der Waals surface area contributed by atoms with E-state index in [0.29, 0.717) is 11.6 Å². The van der Waals surface area contributed by atoms with E-state index in [1.54, 1.807) is 25.1 Å². The Balaban J connectivity index is 3.06. The summed E-state index contributed by atoms with van der Waals surface area (Å²) in [5.74, 6) is 0.0690. The monoisotopic (exact) mass is 213 g/mol. The van der Waals surface area contributed by atoms with E-state index in [0.717, 1.165) is 11.1 Å². The second-order valence-corrected chi connectivity index (χ2v) is 3.57. The number of benzene rings is 1. The lowest BCUT2D eigenvalue weighted by Gasteiger charge is -2.14. The van der Waals surface area contributed by atoms with Crippen molar-refractivity contribution >= 4 is 22.9 Å². The van der Waals surface area contributed by atoms with Crippen LogP contribution in [0.4, 0.5) is 10.1 Å². The molecular weight excluding hydrogens is 201 g/mol. The first-order valence-electron chi connectivity index (χ1n) is 4.27. The molecule has 0 spiro atoms. The van der Waals surface area contributed by atoms with E-state index < -0.39 is 0 Å². The van der Waals surface area contributed by atoms with Gasteiger partial charge >= 0.3 is 0 Å². The van der Waals surface area contributed by atoms with Gasteiger partial charge in [-0.05, 0) is 23.3 Å². The smallest absolute Gasteiger partial charge is 0.147 e. The number of hydrogen-bond donors (Lipinski definition) is 0. The van der Waals surface area contributed by atoms with Crippen LogP contribution in [0.1, 0.15) is 5.56 Å². The topological polar surface area (TPSA) is 3.24 Å². The minimum Gasteiger partial charge on any atom is -0.375 e. The first-order valence-corrected chi connectivity index (χ1v) is 4.80. The lowest BCUT2D eigenvalue weighted by Crippen LogP contribution is -2.10. The van der Waals surface area contributed by atoms with Crippen LogP contribution in [0.15, 0.2) is 24.8 Å². The number of halogens is 2. The minimum absolute atomic E-state index is 0.251. The number of nitrogens with zero attached hydrogens (tertiary/aromatic N) is 1. The van der Waals surface area contributed by atoms with Gasteiger partial charge in [0.1, 0.15) is 5.82 Å². The number of allylic oxidation sites excluding steroid dienone is 1. The van der Waals surface area contributed by atoms with Gasteiger partial charge in [0.15, 0.2) is 0 Å². The molecule has 0 saturated heterocycles. The summed E-state index contributed by atoms with van der Waals surface area (Å²) < 4.78 is 13.5. The van der Waals surface area contributed by atoms with Gasteiger partial charge in [-0.3, -0.25) is 0 Å². The first kappa shape index (κ1) is 11.1. The maximum Gasteiger partial charge on any atom is 0.147 e. The van der Waals surface area contributed by atoms with Crippen LogP contribution in [0.3, 0.4) is 0 Å². The Hall–Kier alpha value is -1.02. The number of anilines is 1. The zero-order chi connectivity index (χ0) is 10.7. The number of hydrogen-bond acceptors (Lipinski definition) is 1. The predicted octanol–water partition coefficient (Wildman–Crippen LogP) is 3.14. The summed E-state index contributed by atoms with van der Waals surface area (Å²) in [6, 6.07) is 5.01. The van der Waals surface area contributed by atoms with E-state index in [9.17, 15) is 4.39 Å². The molecule has 0 atom stereocenters. The lowest BCUT2D eigenvalue weighted by molar-refractivity contribution is 0.625. The highest BCUT2D eigenvalue weighted by atomic mass is 35.5. The highest BCUT2D eigenvalue weighted by Crippen LogP contribution is 2.22. The lowest BCUT2D eigenvalue weighted by atomic mass is 10.1. The summed E-state index contributed by atoms with van der Waals surface area (Å²) in [4.78, 5) is 1.72. The zero-order valence-corrected chi connectivity index (χ0v) is 9.11. The molecule has 0 fully saturated rings. The molecule has 0 bridgehead atoms. The van der Waals surface area contributed by atoms with E-state index >= 15 is 0 Å². The van der Waals surface area contributed by atoms with Crippen LogP contribution in [0.5, 0.6) is 0 Å². The molecule has 14 heavy (non-hydrogen) atoms. The van der Waals surface area contributed by atoms with E-state index in [2.05, 4.69) is 6.58 Å². The first-order chi connectivity index (χ1) is 6.56. The van der Waals surface area contributed by atoms with Gasteiger partial charge in [0, 0.05) is 20.0 Å². The fourth-order valence-electron chi connectivity index (χ4n) is 1.17. The Morgan fingerprint density at radius 1 is 1.50 bits per heavy atom. The van der Waals surface area contributed by atoms with Crippen LogP contribution in [0, 0.1) is 5.82 Å². The van der Waals surface area contributed by atoms with Crippen LogP contribution in [-0.2, 0) is 0 Å². The second kappa shape index (κ2) is 4.47. The average Bonchev–Trinajstić information content (AvgIpc) is 2.15. The third-order valence-electron chi connectivity index (χ3n) is 2.00. The van der Waals surface area contributed by atoms with Gasteiger partial charge < -0.3 is 4.90 Å². The molecule has 1 aromatic rings. The van der Waals surface area contributed by atoms with Crippen molar-refractivity contribution in [1.29, 1.82) is 0 Å². The highest BCUT2D eigenvalue weighted by molar-refractivity contribution is 6.23. The molecule has 1 rings (SSSR count). The molecular formula is C11H13ClFN. The van der Waals surface area contributed by atoms with Crippen molar-refractivity contribution in [3.8, 4) is 0 Å². The van der Waals surface area contributed by atoms with E-state index in [4.69, 9.17) is 11.6 Å². The van der Waals surface area contributed by atoms with Crippen molar-refractivity contribution in [3.63, 3.8) is 0 Å². The van der Waals surface area contributed by atoms with Crippen LogP contribution >= 0.6 is 11.6 Å². The maximum atomic E-state index is 13.5. The number of rotatable bonds is 3. The molecule has 76 valence electrons. The summed E-state index contributed by atoms with van der Waals surface area (Å²) in [7, 11) is 3.60. The summed E-state index contributed by atoms with van der Waals surface area (Å²) in [6.07, 6.45) is 0. The van der Waals surface area contributed by atoms with Gasteiger partial charge in [0.2, 0.25) is 0 Å². The van der Waals surface area contributed by atoms with Gasteiger partial charge in [-0.2, -0.15) is 0 Å². The fraction of sp³-hybridized carbons (Fsp3) is 0.273. The molecule has 0 aromatic heterocycles. The van der Waals surface area contributed by atoms with E-state index in [-0.39, 0.29) is 5.82 Å². The Labute approximate surface area is 88.8 Å². The molecule has 1 aromatic carbocycles. The van der Waals surface area contributed by atoms with Gasteiger partial charge in [-0.15, -0.1) is 11.6 Å². The Morgan fingerprint density at radius 2 is 2.14 bits per heavy atom. The Kier molecular flexibility index (Phi) is 3.53. The summed E-state index contributed by atoms with van der Waals surface area (Å²) >= 11 is 5.61. The van der Waals surface area contributed by atoms with Gasteiger partial charge in [-0.1, -0.05) is 12.6 Å². The Morgan fingerprint density at radius 3 is 2.57 bits per heavy atom. The summed E-state index contributed by atoms with van der Waals surface area (Å²) in [6.45, 7) is 3.75. The van der Waals surface area contributed by atoms with Crippen LogP contribution in [0.25, 0.3) is 5.57 Å². The third kappa shape index (κ3) is 2.26. The molecule has 0 aliphatic rings. The number of alkyl halides is 1. The van der Waals surface area contributed by atoms with E-state index in [1.807, 2.05) is 6.07 Å². The second-order valence-electron chi connectivity index (χ2n) is 3.30. The largest absolute Gasteiger partial charge is 0.375 e. The van der Waals surface area contributed by atoms with E-state index in [1.165, 1.54) is 6.07 Å². The molecule has 3 heteroatoms. The minimum atomic E-state index is -0.251. The molecule has 0 saturated carbocycles. The molecule has 0 radical (unpaired) electrons.